The van der Waals surface area contributed by atoms with Crippen LogP contribution in [-0.2, 0) is 0 Å². The summed E-state index contributed by atoms with van der Waals surface area (Å²) in [6, 6.07) is 90.4. The number of rotatable bonds is 7. The highest BCUT2D eigenvalue weighted by Crippen LogP contribution is 2.42. The van der Waals surface area contributed by atoms with E-state index in [-0.39, 0.29) is 0 Å². The molecule has 0 saturated carbocycles. The smallest absolute Gasteiger partial charge is 0.179 e. The molecule has 64 heavy (non-hydrogen) atoms. The average Bonchev–Trinajstić information content (AvgIpc) is 4.03. The molecular weight excluding hydrogens is 809 g/mol. The van der Waals surface area contributed by atoms with Gasteiger partial charge in [0.05, 0.1) is 22.1 Å². The molecule has 3 aromatic heterocycles. The summed E-state index contributed by atoms with van der Waals surface area (Å²) in [6.45, 7) is 0. The van der Waals surface area contributed by atoms with Crippen molar-refractivity contribution in [1.82, 2.24) is 9.13 Å². The molecule has 0 aliphatic carbocycles. The van der Waals surface area contributed by atoms with Crippen LogP contribution in [0.2, 0.25) is 0 Å². The Kier molecular flexibility index (Phi) is 8.45. The topological polar surface area (TPSA) is 9.86 Å². The van der Waals surface area contributed by atoms with Crippen molar-refractivity contribution in [2.24, 2.45) is 0 Å². The van der Waals surface area contributed by atoms with Gasteiger partial charge in [-0.2, -0.15) is 0 Å². The molecule has 0 bridgehead atoms. The molecule has 0 aliphatic rings. The van der Waals surface area contributed by atoms with Crippen molar-refractivity contribution < 1.29 is 0 Å². The molecule has 10 aromatic carbocycles. The third-order valence-corrected chi connectivity index (χ3v) is 19.4. The first-order chi connectivity index (χ1) is 31.8. The van der Waals surface area contributed by atoms with E-state index in [1.54, 1.807) is 0 Å². The minimum atomic E-state index is -2.68. The van der Waals surface area contributed by atoms with Crippen molar-refractivity contribution in [3.8, 4) is 22.5 Å². The zero-order valence-corrected chi connectivity index (χ0v) is 36.7. The zero-order valence-electron chi connectivity index (χ0n) is 34.9. The highest BCUT2D eigenvalue weighted by molar-refractivity contribution is 7.25. The Morgan fingerprint density at radius 3 is 1.47 bits per heavy atom. The maximum atomic E-state index is 2.47. The Balaban J connectivity index is 1.00. The maximum absolute atomic E-state index is 2.68. The van der Waals surface area contributed by atoms with Gasteiger partial charge in [-0.05, 0) is 86.5 Å². The molecule has 0 fully saturated rings. The van der Waals surface area contributed by atoms with E-state index in [1.807, 2.05) is 11.3 Å². The van der Waals surface area contributed by atoms with E-state index in [9.17, 15) is 0 Å². The third-order valence-electron chi connectivity index (χ3n) is 13.5. The van der Waals surface area contributed by atoms with E-state index >= 15 is 0 Å². The van der Waals surface area contributed by atoms with Crippen LogP contribution < -0.4 is 20.7 Å². The second-order valence-corrected chi connectivity index (χ2v) is 21.7. The van der Waals surface area contributed by atoms with Crippen LogP contribution in [0, 0.1) is 0 Å². The lowest BCUT2D eigenvalue weighted by Crippen LogP contribution is -2.74. The number of fused-ring (bicyclic) bond motifs is 9. The van der Waals surface area contributed by atoms with Crippen LogP contribution in [0.1, 0.15) is 0 Å². The molecule has 0 saturated heterocycles. The minimum absolute atomic E-state index is 1.14. The lowest BCUT2D eigenvalue weighted by Gasteiger charge is -2.34. The van der Waals surface area contributed by atoms with E-state index in [2.05, 4.69) is 252 Å². The summed E-state index contributed by atoms with van der Waals surface area (Å²) in [5, 5.41) is 13.1. The molecule has 0 amide bonds. The fourth-order valence-electron chi connectivity index (χ4n) is 10.7. The molecular formula is C60H40N2SSi. The Morgan fingerprint density at radius 2 is 0.781 bits per heavy atom. The number of benzene rings is 10. The monoisotopic (exact) mass is 848 g/mol. The van der Waals surface area contributed by atoms with Crippen molar-refractivity contribution >= 4 is 104 Å². The largest absolute Gasteiger partial charge is 0.309 e. The number of para-hydroxylation sites is 2. The summed E-state index contributed by atoms with van der Waals surface area (Å²) in [5.41, 5.74) is 9.55. The van der Waals surface area contributed by atoms with Gasteiger partial charge in [0.15, 0.2) is 8.07 Å². The number of aromatic nitrogens is 2. The fourth-order valence-corrected chi connectivity index (χ4v) is 16.6. The molecule has 13 aromatic rings. The summed E-state index contributed by atoms with van der Waals surface area (Å²) in [4.78, 5) is 0. The van der Waals surface area contributed by atoms with Gasteiger partial charge in [0, 0.05) is 53.1 Å². The number of hydrogen-bond acceptors (Lipinski definition) is 1. The first kappa shape index (κ1) is 36.9. The van der Waals surface area contributed by atoms with E-state index < -0.39 is 8.07 Å². The van der Waals surface area contributed by atoms with E-state index in [1.165, 1.54) is 95.7 Å². The van der Waals surface area contributed by atoms with Gasteiger partial charge in [0.2, 0.25) is 0 Å². The van der Waals surface area contributed by atoms with Crippen molar-refractivity contribution in [3.63, 3.8) is 0 Å². The molecule has 2 nitrogen and oxygen atoms in total. The van der Waals surface area contributed by atoms with Crippen LogP contribution in [0.5, 0.6) is 0 Å². The molecule has 4 heteroatoms. The van der Waals surface area contributed by atoms with Crippen molar-refractivity contribution in [2.45, 2.75) is 0 Å². The van der Waals surface area contributed by atoms with Gasteiger partial charge in [-0.25, -0.2) is 0 Å². The molecule has 0 N–H and O–H groups in total. The number of nitrogens with zero attached hydrogens (tertiary/aromatic N) is 2. The standard InChI is InChI=1S/C60H40N2SSi/c1-4-17-44(18-5-1)64(45-19-6-2-7-20-45,46-21-8-3-9-22-46)47-35-32-42(33-36-47)61-54-27-13-10-23-49(54)50-38-34-43(40-57(50)61)62-55-28-14-11-25-53(55)60-48(26-16-29-56(60)62)41-31-37-52-51-24-12-15-30-58(51)63-59(52)39-41/h1-40H. The normalized spacial score (nSPS) is 12.1. The van der Waals surface area contributed by atoms with Crippen molar-refractivity contribution in [2.75, 3.05) is 0 Å². The second-order valence-electron chi connectivity index (χ2n) is 16.8. The van der Waals surface area contributed by atoms with Crippen molar-refractivity contribution in [1.29, 1.82) is 0 Å². The molecule has 300 valence electrons. The Morgan fingerprint density at radius 1 is 0.297 bits per heavy atom. The van der Waals surface area contributed by atoms with Gasteiger partial charge in [-0.3, -0.25) is 0 Å². The SMILES string of the molecule is c1ccc([Si](c2ccccc2)(c2ccccc2)c2ccc(-n3c4ccccc4c4ccc(-n5c6ccccc6c6c(-c7ccc8c(c7)sc7ccccc78)cccc65)cc43)cc2)cc1. The quantitative estimate of drug-likeness (QED) is 0.112. The summed E-state index contributed by atoms with van der Waals surface area (Å²) in [5.74, 6) is 0. The summed E-state index contributed by atoms with van der Waals surface area (Å²) in [7, 11) is -2.68. The second kappa shape index (κ2) is 14.7. The van der Waals surface area contributed by atoms with Gasteiger partial charge in [0.1, 0.15) is 0 Å². The van der Waals surface area contributed by atoms with Crippen LogP contribution in [-0.4, -0.2) is 17.2 Å². The minimum Gasteiger partial charge on any atom is -0.309 e. The average molecular weight is 849 g/mol. The predicted molar refractivity (Wildman–Crippen MR) is 277 cm³/mol. The summed E-state index contributed by atoms with van der Waals surface area (Å²) >= 11 is 1.88. The fraction of sp³-hybridized carbons (Fsp3) is 0. The predicted octanol–water partition coefficient (Wildman–Crippen LogP) is 13.3. The molecule has 13 rings (SSSR count). The Labute approximate surface area is 376 Å². The first-order valence-electron chi connectivity index (χ1n) is 22.0. The van der Waals surface area contributed by atoms with Crippen LogP contribution in [0.4, 0.5) is 0 Å². The van der Waals surface area contributed by atoms with Gasteiger partial charge in [0.25, 0.3) is 0 Å². The van der Waals surface area contributed by atoms with E-state index in [0.29, 0.717) is 0 Å². The lowest BCUT2D eigenvalue weighted by molar-refractivity contribution is 1.16. The third kappa shape index (κ3) is 5.50. The van der Waals surface area contributed by atoms with Gasteiger partial charge >= 0.3 is 0 Å². The highest BCUT2D eigenvalue weighted by Gasteiger charge is 2.41. The maximum Gasteiger partial charge on any atom is 0.179 e. The van der Waals surface area contributed by atoms with Crippen LogP contribution >= 0.6 is 11.3 Å². The van der Waals surface area contributed by atoms with Crippen LogP contribution in [0.3, 0.4) is 0 Å². The van der Waals surface area contributed by atoms with Gasteiger partial charge in [-0.1, -0.05) is 188 Å². The Hall–Kier alpha value is -7.76. The van der Waals surface area contributed by atoms with Crippen LogP contribution in [0.25, 0.3) is 86.3 Å². The molecule has 3 heterocycles. The summed E-state index contributed by atoms with van der Waals surface area (Å²) < 4.78 is 7.58. The first-order valence-corrected chi connectivity index (χ1v) is 24.8. The number of hydrogen-bond donors (Lipinski definition) is 0. The Bertz CT molecular complexity index is 3790. The lowest BCUT2D eigenvalue weighted by atomic mass is 9.98. The summed E-state index contributed by atoms with van der Waals surface area (Å²) in [6.07, 6.45) is 0. The molecule has 0 spiro atoms. The molecule has 0 atom stereocenters. The van der Waals surface area contributed by atoms with Crippen LogP contribution in [0.15, 0.2) is 243 Å². The van der Waals surface area contributed by atoms with Crippen molar-refractivity contribution in [3.05, 3.63) is 243 Å². The molecule has 0 aliphatic heterocycles. The van der Waals surface area contributed by atoms with E-state index in [4.69, 9.17) is 0 Å². The zero-order chi connectivity index (χ0) is 42.2. The van der Waals surface area contributed by atoms with Gasteiger partial charge < -0.3 is 9.13 Å². The number of thiophene rings is 1. The molecule has 0 radical (unpaired) electrons. The van der Waals surface area contributed by atoms with E-state index in [0.717, 1.165) is 11.4 Å². The highest BCUT2D eigenvalue weighted by atomic mass is 32.1. The molecule has 0 unspecified atom stereocenters. The van der Waals surface area contributed by atoms with Gasteiger partial charge in [-0.15, -0.1) is 11.3 Å².